The van der Waals surface area contributed by atoms with Gasteiger partial charge in [0, 0.05) is 0 Å². The predicted molar refractivity (Wildman–Crippen MR) is 83.3 cm³/mol. The second-order valence-electron chi connectivity index (χ2n) is 5.36. The first-order valence-corrected chi connectivity index (χ1v) is 7.20. The highest BCUT2D eigenvalue weighted by Gasteiger charge is 2.16. The zero-order valence-corrected chi connectivity index (χ0v) is 13.1. The van der Waals surface area contributed by atoms with Crippen molar-refractivity contribution in [1.29, 1.82) is 0 Å². The van der Waals surface area contributed by atoms with E-state index in [4.69, 9.17) is 9.47 Å². The number of carbonyl (C=O) groups excluding carboxylic acids is 1. The van der Waals surface area contributed by atoms with Crippen LogP contribution in [0, 0.1) is 5.92 Å². The molecule has 2 rings (SSSR count). The molecule has 0 bridgehead atoms. The molecular weight excluding hydrogens is 280 g/mol. The second kappa shape index (κ2) is 7.54. The summed E-state index contributed by atoms with van der Waals surface area (Å²) in [4.78, 5) is 19.7. The van der Waals surface area contributed by atoms with Crippen LogP contribution < -0.4 is 9.47 Å². The number of rotatable bonds is 7. The van der Waals surface area contributed by atoms with Crippen LogP contribution in [0.1, 0.15) is 35.6 Å². The standard InChI is InChI=1S/C17H20N2O3/c1-12(2)9-14-17(19-15(10-20)16(18-14)21-3)22-11-13-7-5-4-6-8-13/h4-8,10,12H,9,11H2,1-3H3. The first-order valence-electron chi connectivity index (χ1n) is 7.20. The zero-order chi connectivity index (χ0) is 15.9. The molecule has 116 valence electrons. The Hall–Kier alpha value is -2.43. The lowest BCUT2D eigenvalue weighted by Crippen LogP contribution is -2.09. The molecule has 0 unspecified atom stereocenters. The molecule has 2 aromatic rings. The van der Waals surface area contributed by atoms with Crippen molar-refractivity contribution in [3.8, 4) is 11.8 Å². The van der Waals surface area contributed by atoms with E-state index in [1.165, 1.54) is 7.11 Å². The van der Waals surface area contributed by atoms with Crippen molar-refractivity contribution in [3.63, 3.8) is 0 Å². The molecule has 0 spiro atoms. The fourth-order valence-corrected chi connectivity index (χ4v) is 2.04. The minimum atomic E-state index is 0.151. The van der Waals surface area contributed by atoms with E-state index >= 15 is 0 Å². The number of benzene rings is 1. The Morgan fingerprint density at radius 3 is 2.45 bits per heavy atom. The molecule has 1 heterocycles. The van der Waals surface area contributed by atoms with E-state index in [-0.39, 0.29) is 11.6 Å². The molecule has 0 atom stereocenters. The second-order valence-corrected chi connectivity index (χ2v) is 5.36. The van der Waals surface area contributed by atoms with Gasteiger partial charge < -0.3 is 9.47 Å². The van der Waals surface area contributed by atoms with Gasteiger partial charge in [-0.1, -0.05) is 44.2 Å². The summed E-state index contributed by atoms with van der Waals surface area (Å²) in [5.41, 5.74) is 1.88. The van der Waals surface area contributed by atoms with Gasteiger partial charge in [-0.3, -0.25) is 4.79 Å². The summed E-state index contributed by atoms with van der Waals surface area (Å²) in [7, 11) is 1.47. The van der Waals surface area contributed by atoms with E-state index in [1.807, 2.05) is 30.3 Å². The monoisotopic (exact) mass is 300 g/mol. The Labute approximate surface area is 130 Å². The smallest absolute Gasteiger partial charge is 0.243 e. The molecule has 0 amide bonds. The van der Waals surface area contributed by atoms with Crippen molar-refractivity contribution in [3.05, 3.63) is 47.3 Å². The molecule has 0 radical (unpaired) electrons. The molecule has 1 aromatic heterocycles. The molecule has 0 saturated carbocycles. The van der Waals surface area contributed by atoms with Crippen LogP contribution in [0.2, 0.25) is 0 Å². The average Bonchev–Trinajstić information content (AvgIpc) is 2.53. The van der Waals surface area contributed by atoms with Crippen molar-refractivity contribution < 1.29 is 14.3 Å². The van der Waals surface area contributed by atoms with Gasteiger partial charge in [0.1, 0.15) is 12.3 Å². The maximum Gasteiger partial charge on any atom is 0.243 e. The third-order valence-corrected chi connectivity index (χ3v) is 3.05. The fraction of sp³-hybridized carbons (Fsp3) is 0.353. The maximum atomic E-state index is 11.1. The van der Waals surface area contributed by atoms with Gasteiger partial charge in [0.05, 0.1) is 7.11 Å². The van der Waals surface area contributed by atoms with Gasteiger partial charge in [-0.15, -0.1) is 0 Å². The van der Waals surface area contributed by atoms with Crippen molar-refractivity contribution in [1.82, 2.24) is 9.97 Å². The van der Waals surface area contributed by atoms with Crippen LogP contribution in [0.15, 0.2) is 30.3 Å². The molecule has 1 aromatic carbocycles. The van der Waals surface area contributed by atoms with Crippen LogP contribution in [0.5, 0.6) is 11.8 Å². The van der Waals surface area contributed by atoms with Gasteiger partial charge in [0.15, 0.2) is 12.0 Å². The minimum Gasteiger partial charge on any atom is -0.479 e. The average molecular weight is 300 g/mol. The zero-order valence-electron chi connectivity index (χ0n) is 13.1. The van der Waals surface area contributed by atoms with Crippen molar-refractivity contribution in [2.45, 2.75) is 26.9 Å². The molecule has 0 aliphatic carbocycles. The lowest BCUT2D eigenvalue weighted by atomic mass is 10.1. The van der Waals surface area contributed by atoms with Crippen molar-refractivity contribution >= 4 is 6.29 Å². The highest BCUT2D eigenvalue weighted by atomic mass is 16.5. The summed E-state index contributed by atoms with van der Waals surface area (Å²) in [6.45, 7) is 4.55. The summed E-state index contributed by atoms with van der Waals surface area (Å²) >= 11 is 0. The minimum absolute atomic E-state index is 0.151. The number of carbonyl (C=O) groups is 1. The van der Waals surface area contributed by atoms with E-state index in [0.717, 1.165) is 5.56 Å². The van der Waals surface area contributed by atoms with E-state index < -0.39 is 0 Å². The summed E-state index contributed by atoms with van der Waals surface area (Å²) in [6, 6.07) is 9.79. The molecule has 0 saturated heterocycles. The van der Waals surface area contributed by atoms with E-state index in [2.05, 4.69) is 23.8 Å². The number of aldehydes is 1. The van der Waals surface area contributed by atoms with Crippen LogP contribution in [0.25, 0.3) is 0 Å². The molecular formula is C17H20N2O3. The molecule has 0 aliphatic rings. The number of nitrogens with zero attached hydrogens (tertiary/aromatic N) is 2. The third kappa shape index (κ3) is 4.04. The summed E-state index contributed by atoms with van der Waals surface area (Å²) < 4.78 is 10.9. The number of methoxy groups -OCH3 is 1. The number of ether oxygens (including phenoxy) is 2. The molecule has 0 fully saturated rings. The lowest BCUT2D eigenvalue weighted by Gasteiger charge is -2.13. The maximum absolute atomic E-state index is 11.1. The van der Waals surface area contributed by atoms with Crippen LogP contribution in [-0.4, -0.2) is 23.4 Å². The molecule has 5 nitrogen and oxygen atoms in total. The van der Waals surface area contributed by atoms with Crippen LogP contribution in [0.3, 0.4) is 0 Å². The summed E-state index contributed by atoms with van der Waals surface area (Å²) in [6.07, 6.45) is 1.33. The molecule has 22 heavy (non-hydrogen) atoms. The van der Waals surface area contributed by atoms with E-state index in [1.54, 1.807) is 0 Å². The lowest BCUT2D eigenvalue weighted by molar-refractivity contribution is 0.111. The van der Waals surface area contributed by atoms with Crippen LogP contribution in [-0.2, 0) is 13.0 Å². The Kier molecular flexibility index (Phi) is 5.47. The number of hydrogen-bond acceptors (Lipinski definition) is 5. The normalized spacial score (nSPS) is 10.5. The molecule has 0 aliphatic heterocycles. The van der Waals surface area contributed by atoms with Crippen LogP contribution >= 0.6 is 0 Å². The first kappa shape index (κ1) is 15.9. The van der Waals surface area contributed by atoms with E-state index in [9.17, 15) is 4.79 Å². The highest BCUT2D eigenvalue weighted by Crippen LogP contribution is 2.23. The Morgan fingerprint density at radius 2 is 1.86 bits per heavy atom. The van der Waals surface area contributed by atoms with Crippen LogP contribution in [0.4, 0.5) is 0 Å². The van der Waals surface area contributed by atoms with Gasteiger partial charge in [-0.2, -0.15) is 0 Å². The number of aromatic nitrogens is 2. The SMILES string of the molecule is COc1nc(CC(C)C)c(OCc2ccccc2)nc1C=O. The quantitative estimate of drug-likeness (QED) is 0.735. The van der Waals surface area contributed by atoms with Gasteiger partial charge in [0.25, 0.3) is 0 Å². The highest BCUT2D eigenvalue weighted by molar-refractivity contribution is 5.75. The van der Waals surface area contributed by atoms with Crippen molar-refractivity contribution in [2.24, 2.45) is 5.92 Å². The summed E-state index contributed by atoms with van der Waals surface area (Å²) in [5, 5.41) is 0. The largest absolute Gasteiger partial charge is 0.479 e. The molecule has 0 N–H and O–H groups in total. The topological polar surface area (TPSA) is 61.3 Å². The fourth-order valence-electron chi connectivity index (χ4n) is 2.04. The van der Waals surface area contributed by atoms with Gasteiger partial charge >= 0.3 is 0 Å². The Morgan fingerprint density at radius 1 is 1.14 bits per heavy atom. The van der Waals surface area contributed by atoms with Gasteiger partial charge in [-0.05, 0) is 17.9 Å². The Bertz CT molecular complexity index is 627. The first-order chi connectivity index (χ1) is 10.6. The van der Waals surface area contributed by atoms with E-state index in [0.29, 0.717) is 36.8 Å². The predicted octanol–water partition coefficient (Wildman–Crippen LogP) is 3.08. The number of hydrogen-bond donors (Lipinski definition) is 0. The molecule has 5 heteroatoms. The Balaban J connectivity index is 2.28. The van der Waals surface area contributed by atoms with Gasteiger partial charge in [0.2, 0.25) is 11.8 Å². The summed E-state index contributed by atoms with van der Waals surface area (Å²) in [5.74, 6) is 1.01. The third-order valence-electron chi connectivity index (χ3n) is 3.05. The van der Waals surface area contributed by atoms with Crippen molar-refractivity contribution in [2.75, 3.05) is 7.11 Å². The van der Waals surface area contributed by atoms with Gasteiger partial charge in [-0.25, -0.2) is 9.97 Å².